The predicted octanol–water partition coefficient (Wildman–Crippen LogP) is 2.48. The molecule has 2 aromatic rings. The van der Waals surface area contributed by atoms with E-state index < -0.39 is 6.10 Å². The zero-order valence-electron chi connectivity index (χ0n) is 9.31. The van der Waals surface area contributed by atoms with Crippen LogP contribution in [0.15, 0.2) is 48.5 Å². The summed E-state index contributed by atoms with van der Waals surface area (Å²) < 4.78 is 13.7. The van der Waals surface area contributed by atoms with Gasteiger partial charge in [0.2, 0.25) is 0 Å². The van der Waals surface area contributed by atoms with Crippen LogP contribution >= 0.6 is 0 Å². The number of nitrogens with two attached hydrogens (primary N) is 1. The van der Waals surface area contributed by atoms with Crippen molar-refractivity contribution in [3.05, 3.63) is 59.9 Å². The van der Waals surface area contributed by atoms with E-state index in [9.17, 15) is 9.50 Å². The van der Waals surface area contributed by atoms with Crippen molar-refractivity contribution in [2.75, 3.05) is 6.54 Å². The molecule has 1 unspecified atom stereocenters. The molecule has 88 valence electrons. The standard InChI is InChI=1S/C14H14FNO/c15-13-7-6-11(14(17)9-16)8-12(13)10-4-2-1-3-5-10/h1-8,14,17H,9,16H2. The smallest absolute Gasteiger partial charge is 0.131 e. The zero-order chi connectivity index (χ0) is 12.3. The minimum absolute atomic E-state index is 0.125. The van der Waals surface area contributed by atoms with Gasteiger partial charge in [0.05, 0.1) is 6.10 Å². The lowest BCUT2D eigenvalue weighted by Gasteiger charge is -2.11. The fourth-order valence-corrected chi connectivity index (χ4v) is 1.73. The topological polar surface area (TPSA) is 46.2 Å². The number of halogens is 1. The van der Waals surface area contributed by atoms with Crippen molar-refractivity contribution in [3.8, 4) is 11.1 Å². The molecule has 0 aliphatic carbocycles. The molecule has 0 bridgehead atoms. The van der Waals surface area contributed by atoms with Gasteiger partial charge >= 0.3 is 0 Å². The van der Waals surface area contributed by atoms with Crippen LogP contribution in [-0.4, -0.2) is 11.7 Å². The predicted molar refractivity (Wildman–Crippen MR) is 65.9 cm³/mol. The molecule has 0 aliphatic heterocycles. The highest BCUT2D eigenvalue weighted by molar-refractivity contribution is 5.64. The van der Waals surface area contributed by atoms with Crippen LogP contribution in [0.4, 0.5) is 4.39 Å². The molecule has 2 nitrogen and oxygen atoms in total. The molecule has 0 aromatic heterocycles. The highest BCUT2D eigenvalue weighted by Crippen LogP contribution is 2.25. The summed E-state index contributed by atoms with van der Waals surface area (Å²) in [5.74, 6) is -0.302. The maximum Gasteiger partial charge on any atom is 0.131 e. The molecule has 0 heterocycles. The molecule has 3 heteroatoms. The van der Waals surface area contributed by atoms with E-state index in [-0.39, 0.29) is 12.4 Å². The fraction of sp³-hybridized carbons (Fsp3) is 0.143. The van der Waals surface area contributed by atoms with Crippen molar-refractivity contribution >= 4 is 0 Å². The normalized spacial score (nSPS) is 12.4. The zero-order valence-corrected chi connectivity index (χ0v) is 9.31. The number of aliphatic hydroxyl groups is 1. The second-order valence-electron chi connectivity index (χ2n) is 3.86. The van der Waals surface area contributed by atoms with Crippen LogP contribution in [0.5, 0.6) is 0 Å². The van der Waals surface area contributed by atoms with E-state index >= 15 is 0 Å². The minimum Gasteiger partial charge on any atom is -0.387 e. The Balaban J connectivity index is 2.47. The molecule has 0 aliphatic rings. The van der Waals surface area contributed by atoms with Gasteiger partial charge in [0, 0.05) is 12.1 Å². The van der Waals surface area contributed by atoms with Crippen LogP contribution in [0, 0.1) is 5.82 Å². The van der Waals surface area contributed by atoms with Crippen molar-refractivity contribution < 1.29 is 9.50 Å². The average molecular weight is 231 g/mol. The van der Waals surface area contributed by atoms with Crippen molar-refractivity contribution in [2.45, 2.75) is 6.10 Å². The molecular formula is C14H14FNO. The Kier molecular flexibility index (Phi) is 3.52. The summed E-state index contributed by atoms with van der Waals surface area (Å²) in [7, 11) is 0. The van der Waals surface area contributed by atoms with Gasteiger partial charge in [-0.1, -0.05) is 36.4 Å². The Hall–Kier alpha value is -1.71. The van der Waals surface area contributed by atoms with Gasteiger partial charge in [-0.25, -0.2) is 4.39 Å². The van der Waals surface area contributed by atoms with E-state index in [2.05, 4.69) is 0 Å². The minimum atomic E-state index is -0.752. The molecule has 0 spiro atoms. The molecular weight excluding hydrogens is 217 g/mol. The lowest BCUT2D eigenvalue weighted by atomic mass is 10.00. The van der Waals surface area contributed by atoms with Crippen LogP contribution in [-0.2, 0) is 0 Å². The summed E-state index contributed by atoms with van der Waals surface area (Å²) in [6.07, 6.45) is -0.752. The monoisotopic (exact) mass is 231 g/mol. The van der Waals surface area contributed by atoms with Crippen LogP contribution in [0.1, 0.15) is 11.7 Å². The third kappa shape index (κ3) is 2.52. The van der Waals surface area contributed by atoms with Crippen LogP contribution in [0.2, 0.25) is 0 Å². The number of benzene rings is 2. The van der Waals surface area contributed by atoms with Gasteiger partial charge in [-0.15, -0.1) is 0 Å². The van der Waals surface area contributed by atoms with Gasteiger partial charge in [0.15, 0.2) is 0 Å². The highest BCUT2D eigenvalue weighted by atomic mass is 19.1. The highest BCUT2D eigenvalue weighted by Gasteiger charge is 2.10. The molecule has 0 saturated carbocycles. The summed E-state index contributed by atoms with van der Waals surface area (Å²) in [6, 6.07) is 13.8. The summed E-state index contributed by atoms with van der Waals surface area (Å²) in [5, 5.41) is 9.64. The van der Waals surface area contributed by atoms with Gasteiger partial charge in [-0.2, -0.15) is 0 Å². The molecule has 0 amide bonds. The Morgan fingerprint density at radius 2 is 1.82 bits per heavy atom. The van der Waals surface area contributed by atoms with E-state index in [4.69, 9.17) is 5.73 Å². The van der Waals surface area contributed by atoms with Crippen LogP contribution in [0.25, 0.3) is 11.1 Å². The Bertz CT molecular complexity index is 499. The first-order valence-corrected chi connectivity index (χ1v) is 5.45. The van der Waals surface area contributed by atoms with E-state index in [0.29, 0.717) is 11.1 Å². The molecule has 1 atom stereocenters. The molecule has 2 aromatic carbocycles. The largest absolute Gasteiger partial charge is 0.387 e. The number of aliphatic hydroxyl groups excluding tert-OH is 1. The summed E-state index contributed by atoms with van der Waals surface area (Å²) in [6.45, 7) is 0.125. The SMILES string of the molecule is NCC(O)c1ccc(F)c(-c2ccccc2)c1. The number of rotatable bonds is 3. The number of hydrogen-bond acceptors (Lipinski definition) is 2. The average Bonchev–Trinajstić information content (AvgIpc) is 2.39. The summed E-state index contributed by atoms with van der Waals surface area (Å²) >= 11 is 0. The summed E-state index contributed by atoms with van der Waals surface area (Å²) in [4.78, 5) is 0. The van der Waals surface area contributed by atoms with Gasteiger partial charge in [0.25, 0.3) is 0 Å². The molecule has 17 heavy (non-hydrogen) atoms. The molecule has 0 saturated heterocycles. The van der Waals surface area contributed by atoms with Gasteiger partial charge < -0.3 is 10.8 Å². The van der Waals surface area contributed by atoms with Crippen molar-refractivity contribution in [1.29, 1.82) is 0 Å². The van der Waals surface area contributed by atoms with Crippen molar-refractivity contribution in [2.24, 2.45) is 5.73 Å². The Morgan fingerprint density at radius 1 is 1.12 bits per heavy atom. The third-order valence-corrected chi connectivity index (χ3v) is 2.68. The Morgan fingerprint density at radius 3 is 2.47 bits per heavy atom. The lowest BCUT2D eigenvalue weighted by molar-refractivity contribution is 0.186. The summed E-state index contributed by atoms with van der Waals surface area (Å²) in [5.41, 5.74) is 7.29. The van der Waals surface area contributed by atoms with Gasteiger partial charge in [0.1, 0.15) is 5.82 Å². The van der Waals surface area contributed by atoms with Crippen LogP contribution in [0.3, 0.4) is 0 Å². The lowest BCUT2D eigenvalue weighted by Crippen LogP contribution is -2.11. The van der Waals surface area contributed by atoms with E-state index in [1.807, 2.05) is 30.3 Å². The van der Waals surface area contributed by atoms with Gasteiger partial charge in [-0.05, 0) is 23.3 Å². The third-order valence-electron chi connectivity index (χ3n) is 2.68. The molecule has 0 radical (unpaired) electrons. The Labute approximate surface area is 99.5 Å². The molecule has 0 fully saturated rings. The quantitative estimate of drug-likeness (QED) is 0.852. The first-order valence-electron chi connectivity index (χ1n) is 5.45. The van der Waals surface area contributed by atoms with Crippen molar-refractivity contribution in [3.63, 3.8) is 0 Å². The van der Waals surface area contributed by atoms with Gasteiger partial charge in [-0.3, -0.25) is 0 Å². The first-order chi connectivity index (χ1) is 8.22. The first kappa shape index (κ1) is 11.8. The van der Waals surface area contributed by atoms with Crippen molar-refractivity contribution in [1.82, 2.24) is 0 Å². The number of hydrogen-bond donors (Lipinski definition) is 2. The maximum atomic E-state index is 13.7. The van der Waals surface area contributed by atoms with E-state index in [0.717, 1.165) is 5.56 Å². The molecule has 2 rings (SSSR count). The fourth-order valence-electron chi connectivity index (χ4n) is 1.73. The second-order valence-corrected chi connectivity index (χ2v) is 3.86. The second kappa shape index (κ2) is 5.08. The van der Waals surface area contributed by atoms with E-state index in [1.165, 1.54) is 6.07 Å². The molecule has 3 N–H and O–H groups in total. The van der Waals surface area contributed by atoms with E-state index in [1.54, 1.807) is 12.1 Å². The maximum absolute atomic E-state index is 13.7. The van der Waals surface area contributed by atoms with Crippen LogP contribution < -0.4 is 5.73 Å².